The number of hydrogen-bond acceptors (Lipinski definition) is 1. The first kappa shape index (κ1) is 8.64. The molecule has 1 heteroatoms. The zero-order valence-electron chi connectivity index (χ0n) is 8.77. The first-order valence-electron chi connectivity index (χ1n) is 5.71. The van der Waals surface area contributed by atoms with Crippen molar-refractivity contribution in [1.82, 2.24) is 0 Å². The molecule has 0 spiro atoms. The van der Waals surface area contributed by atoms with Gasteiger partial charge in [-0.05, 0) is 48.9 Å². The fourth-order valence-corrected chi connectivity index (χ4v) is 6.30. The maximum absolute atomic E-state index is 4.97. The first-order chi connectivity index (χ1) is 5.99. The molecule has 4 atom stereocenters. The van der Waals surface area contributed by atoms with Gasteiger partial charge in [0, 0.05) is 4.75 Å². The molecular weight excluding hydrogens is 176 g/mol. The van der Waals surface area contributed by atoms with E-state index in [1.165, 1.54) is 38.5 Å². The highest BCUT2D eigenvalue weighted by Crippen LogP contribution is 2.75. The number of hydrogen-bond donors (Lipinski definition) is 1. The second-order valence-electron chi connectivity index (χ2n) is 6.37. The lowest BCUT2D eigenvalue weighted by molar-refractivity contribution is -0.0609. The molecule has 13 heavy (non-hydrogen) atoms. The molecule has 0 radical (unpaired) electrons. The summed E-state index contributed by atoms with van der Waals surface area (Å²) >= 11 is 4.97. The Morgan fingerprint density at radius 3 is 2.38 bits per heavy atom. The maximum Gasteiger partial charge on any atom is 0.0173 e. The Hall–Kier alpha value is 0.350. The van der Waals surface area contributed by atoms with E-state index in [-0.39, 0.29) is 0 Å². The Morgan fingerprint density at radius 2 is 1.69 bits per heavy atom. The van der Waals surface area contributed by atoms with E-state index in [2.05, 4.69) is 13.8 Å². The van der Waals surface area contributed by atoms with Crippen LogP contribution in [-0.4, -0.2) is 4.75 Å². The lowest BCUT2D eigenvalue weighted by Crippen LogP contribution is -2.60. The molecule has 0 nitrogen and oxygen atoms in total. The van der Waals surface area contributed by atoms with Crippen LogP contribution in [0.25, 0.3) is 0 Å². The Balaban J connectivity index is 2.03. The van der Waals surface area contributed by atoms with Gasteiger partial charge in [-0.3, -0.25) is 0 Å². The van der Waals surface area contributed by atoms with Crippen molar-refractivity contribution in [3.8, 4) is 0 Å². The monoisotopic (exact) mass is 196 g/mol. The van der Waals surface area contributed by atoms with Gasteiger partial charge in [-0.25, -0.2) is 0 Å². The third-order valence-corrected chi connectivity index (χ3v) is 5.91. The van der Waals surface area contributed by atoms with Gasteiger partial charge in [0.2, 0.25) is 0 Å². The van der Waals surface area contributed by atoms with Crippen LogP contribution >= 0.6 is 12.6 Å². The van der Waals surface area contributed by atoms with E-state index in [1.807, 2.05) is 0 Å². The van der Waals surface area contributed by atoms with Crippen LogP contribution in [0, 0.1) is 16.7 Å². The van der Waals surface area contributed by atoms with Crippen LogP contribution in [0.2, 0.25) is 0 Å². The van der Waals surface area contributed by atoms with Gasteiger partial charge in [0.05, 0.1) is 0 Å². The lowest BCUT2D eigenvalue weighted by Gasteiger charge is -2.64. The summed E-state index contributed by atoms with van der Waals surface area (Å²) in [6, 6.07) is 0. The minimum Gasteiger partial charge on any atom is -0.172 e. The second-order valence-corrected chi connectivity index (χ2v) is 7.27. The van der Waals surface area contributed by atoms with Crippen molar-refractivity contribution < 1.29 is 0 Å². The third-order valence-electron chi connectivity index (χ3n) is 5.27. The fourth-order valence-electron chi connectivity index (χ4n) is 5.16. The van der Waals surface area contributed by atoms with Crippen LogP contribution in [0.4, 0.5) is 0 Å². The smallest absolute Gasteiger partial charge is 0.0173 e. The molecule has 0 heterocycles. The van der Waals surface area contributed by atoms with Crippen molar-refractivity contribution >= 4 is 12.6 Å². The van der Waals surface area contributed by atoms with E-state index in [4.69, 9.17) is 12.6 Å². The van der Waals surface area contributed by atoms with Crippen LogP contribution in [0.1, 0.15) is 52.4 Å². The van der Waals surface area contributed by atoms with Crippen molar-refractivity contribution in [3.05, 3.63) is 0 Å². The van der Waals surface area contributed by atoms with E-state index >= 15 is 0 Å². The molecule has 3 aliphatic carbocycles. The minimum atomic E-state index is 0.443. The first-order valence-corrected chi connectivity index (χ1v) is 6.16. The predicted molar refractivity (Wildman–Crippen MR) is 59.1 cm³/mol. The molecule has 0 N–H and O–H groups in total. The van der Waals surface area contributed by atoms with Crippen molar-refractivity contribution in [2.75, 3.05) is 0 Å². The molecule has 3 fully saturated rings. The normalized spacial score (nSPS) is 64.4. The quantitative estimate of drug-likeness (QED) is 0.562. The Bertz CT molecular complexity index is 262. The fraction of sp³-hybridized carbons (Fsp3) is 1.00. The van der Waals surface area contributed by atoms with Crippen molar-refractivity contribution in [2.24, 2.45) is 16.7 Å². The van der Waals surface area contributed by atoms with E-state index < -0.39 is 0 Å². The summed E-state index contributed by atoms with van der Waals surface area (Å²) in [5, 5.41) is 0. The molecule has 0 aromatic carbocycles. The van der Waals surface area contributed by atoms with E-state index in [0.717, 1.165) is 5.92 Å². The van der Waals surface area contributed by atoms with Gasteiger partial charge in [0.25, 0.3) is 0 Å². The van der Waals surface area contributed by atoms with Crippen LogP contribution in [-0.2, 0) is 0 Å². The SMILES string of the molecule is CC12CCCC3(S)CC(C)(CC1)C23. The maximum atomic E-state index is 4.97. The molecular formula is C12H20S. The summed E-state index contributed by atoms with van der Waals surface area (Å²) < 4.78 is 0.443. The molecule has 74 valence electrons. The molecule has 0 bridgehead atoms. The van der Waals surface area contributed by atoms with Gasteiger partial charge in [-0.1, -0.05) is 20.3 Å². The number of rotatable bonds is 0. The average molecular weight is 196 g/mol. The summed E-state index contributed by atoms with van der Waals surface area (Å²) in [7, 11) is 0. The summed E-state index contributed by atoms with van der Waals surface area (Å²) in [4.78, 5) is 0. The Labute approximate surface area is 86.9 Å². The highest BCUT2D eigenvalue weighted by atomic mass is 32.1. The largest absolute Gasteiger partial charge is 0.172 e. The molecule has 3 saturated carbocycles. The summed E-state index contributed by atoms with van der Waals surface area (Å²) in [6.07, 6.45) is 8.60. The Kier molecular flexibility index (Phi) is 1.41. The third kappa shape index (κ3) is 0.854. The zero-order chi connectivity index (χ0) is 9.32. The molecule has 0 amide bonds. The highest BCUT2D eigenvalue weighted by Gasteiger charge is 2.69. The summed E-state index contributed by atoms with van der Waals surface area (Å²) in [6.45, 7) is 5.02. The molecule has 3 rings (SSSR count). The number of thiol groups is 1. The Morgan fingerprint density at radius 1 is 1.00 bits per heavy atom. The predicted octanol–water partition coefficient (Wildman–Crippen LogP) is 3.67. The summed E-state index contributed by atoms with van der Waals surface area (Å²) in [5.74, 6) is 0.935. The van der Waals surface area contributed by atoms with E-state index in [1.54, 1.807) is 0 Å². The van der Waals surface area contributed by atoms with Gasteiger partial charge in [0.1, 0.15) is 0 Å². The minimum absolute atomic E-state index is 0.443. The van der Waals surface area contributed by atoms with Gasteiger partial charge >= 0.3 is 0 Å². The average Bonchev–Trinajstić information content (AvgIpc) is 2.21. The van der Waals surface area contributed by atoms with Crippen molar-refractivity contribution in [3.63, 3.8) is 0 Å². The molecule has 4 unspecified atom stereocenters. The van der Waals surface area contributed by atoms with Gasteiger partial charge in [0.15, 0.2) is 0 Å². The second kappa shape index (κ2) is 2.13. The molecule has 0 aliphatic heterocycles. The van der Waals surface area contributed by atoms with Crippen molar-refractivity contribution in [2.45, 2.75) is 57.1 Å². The molecule has 3 aliphatic rings. The van der Waals surface area contributed by atoms with Crippen molar-refractivity contribution in [1.29, 1.82) is 0 Å². The van der Waals surface area contributed by atoms with Gasteiger partial charge in [-0.15, -0.1) is 0 Å². The van der Waals surface area contributed by atoms with E-state index in [0.29, 0.717) is 15.6 Å². The lowest BCUT2D eigenvalue weighted by atomic mass is 9.46. The zero-order valence-corrected chi connectivity index (χ0v) is 9.66. The van der Waals surface area contributed by atoms with Crippen LogP contribution in [0.3, 0.4) is 0 Å². The van der Waals surface area contributed by atoms with E-state index in [9.17, 15) is 0 Å². The van der Waals surface area contributed by atoms with Gasteiger partial charge < -0.3 is 0 Å². The van der Waals surface area contributed by atoms with Crippen LogP contribution < -0.4 is 0 Å². The highest BCUT2D eigenvalue weighted by molar-refractivity contribution is 7.81. The molecule has 0 saturated heterocycles. The standard InChI is InChI=1S/C12H20S/c1-10-4-3-5-12(13)8-11(2,7-6-10)9(10)12/h9,13H,3-8H2,1-2H3. The van der Waals surface area contributed by atoms with Crippen LogP contribution in [0.15, 0.2) is 0 Å². The molecule has 0 aromatic heterocycles. The van der Waals surface area contributed by atoms with Gasteiger partial charge in [-0.2, -0.15) is 12.6 Å². The van der Waals surface area contributed by atoms with Crippen LogP contribution in [0.5, 0.6) is 0 Å². The molecule has 0 aromatic rings. The topological polar surface area (TPSA) is 0 Å². The summed E-state index contributed by atoms with van der Waals surface area (Å²) in [5.41, 5.74) is 1.34.